The fourth-order valence-corrected chi connectivity index (χ4v) is 3.02. The molecule has 0 unspecified atom stereocenters. The maximum atomic E-state index is 8.36. The van der Waals surface area contributed by atoms with Crippen LogP contribution in [0, 0.1) is 10.1 Å². The van der Waals surface area contributed by atoms with E-state index in [1.54, 1.807) is 36.3 Å². The van der Waals surface area contributed by atoms with Crippen molar-refractivity contribution >= 4 is 23.2 Å². The second kappa shape index (κ2) is 9.10. The maximum absolute atomic E-state index is 8.36. The number of ether oxygens (including phenoxy) is 3. The third kappa shape index (κ3) is 5.26. The molecule has 26 heavy (non-hydrogen) atoms. The van der Waals surface area contributed by atoms with Crippen LogP contribution in [0.2, 0.25) is 10.0 Å². The van der Waals surface area contributed by atoms with Crippen molar-refractivity contribution in [2.45, 2.75) is 18.4 Å². The van der Waals surface area contributed by atoms with Crippen molar-refractivity contribution in [3.8, 4) is 0 Å². The van der Waals surface area contributed by atoms with Gasteiger partial charge < -0.3 is 19.4 Å². The van der Waals surface area contributed by atoms with Crippen molar-refractivity contribution in [2.24, 2.45) is 0 Å². The lowest BCUT2D eigenvalue weighted by atomic mass is 10.1. The van der Waals surface area contributed by atoms with Crippen LogP contribution in [0.1, 0.15) is 5.56 Å². The molecular formula is C14H16Cl2N4O6. The third-order valence-corrected chi connectivity index (χ3v) is 3.94. The van der Waals surface area contributed by atoms with E-state index >= 15 is 0 Å². The van der Waals surface area contributed by atoms with Gasteiger partial charge in [0, 0.05) is 17.7 Å². The summed E-state index contributed by atoms with van der Waals surface area (Å²) < 4.78 is 18.9. The molecule has 1 aliphatic rings. The molecule has 142 valence electrons. The average molecular weight is 407 g/mol. The molecule has 12 heteroatoms. The summed E-state index contributed by atoms with van der Waals surface area (Å²) in [5.74, 6) is -1.04. The highest BCUT2D eigenvalue weighted by molar-refractivity contribution is 6.35. The Bertz CT molecular complexity index is 728. The van der Waals surface area contributed by atoms with Crippen LogP contribution in [0.4, 0.5) is 0 Å². The zero-order valence-electron chi connectivity index (χ0n) is 13.6. The minimum absolute atomic E-state index is 0.180. The number of aromatic nitrogens is 3. The summed E-state index contributed by atoms with van der Waals surface area (Å²) in [6.07, 6.45) is 2.88. The zero-order chi connectivity index (χ0) is 19.2. The number of rotatable bonds is 5. The zero-order valence-corrected chi connectivity index (χ0v) is 15.1. The number of benzene rings is 1. The molecule has 2 atom stereocenters. The number of halogens is 2. The predicted octanol–water partition coefficient (Wildman–Crippen LogP) is 2.15. The van der Waals surface area contributed by atoms with Gasteiger partial charge >= 0.3 is 0 Å². The lowest BCUT2D eigenvalue weighted by Gasteiger charge is -2.29. The van der Waals surface area contributed by atoms with Crippen LogP contribution in [0.15, 0.2) is 30.9 Å². The molecule has 0 bridgehead atoms. The van der Waals surface area contributed by atoms with E-state index in [0.29, 0.717) is 35.4 Å². The fraction of sp³-hybridized carbons (Fsp3) is 0.429. The molecule has 0 aliphatic carbocycles. The fourth-order valence-electron chi connectivity index (χ4n) is 2.47. The molecule has 0 saturated carbocycles. The first-order chi connectivity index (χ1) is 12.4. The molecule has 3 rings (SSSR count). The van der Waals surface area contributed by atoms with Gasteiger partial charge in [-0.1, -0.05) is 29.3 Å². The van der Waals surface area contributed by atoms with Crippen LogP contribution in [-0.4, -0.2) is 51.5 Å². The van der Waals surface area contributed by atoms with E-state index in [9.17, 15) is 0 Å². The predicted molar refractivity (Wildman–Crippen MR) is 89.6 cm³/mol. The molecule has 0 spiro atoms. The minimum Gasteiger partial charge on any atom is -0.382 e. The molecule has 0 radical (unpaired) electrons. The minimum atomic E-state index is -1.50. The molecule has 1 N–H and O–H groups in total. The van der Waals surface area contributed by atoms with Gasteiger partial charge in [-0.3, -0.25) is 0 Å². The van der Waals surface area contributed by atoms with Gasteiger partial charge in [-0.15, -0.1) is 10.1 Å². The number of methoxy groups -OCH3 is 1. The Balaban J connectivity index is 0.000000552. The van der Waals surface area contributed by atoms with Gasteiger partial charge in [0.05, 0.1) is 18.2 Å². The van der Waals surface area contributed by atoms with Gasteiger partial charge in [0.25, 0.3) is 5.09 Å². The Hall–Kier alpha value is -1.98. The first-order valence-corrected chi connectivity index (χ1v) is 8.04. The Morgan fingerprint density at radius 1 is 1.54 bits per heavy atom. The summed E-state index contributed by atoms with van der Waals surface area (Å²) in [5, 5.41) is 18.8. The summed E-state index contributed by atoms with van der Waals surface area (Å²) in [7, 11) is 1.62. The van der Waals surface area contributed by atoms with Crippen LogP contribution in [0.3, 0.4) is 0 Å². The first-order valence-electron chi connectivity index (χ1n) is 7.28. The lowest BCUT2D eigenvalue weighted by Crippen LogP contribution is -2.34. The molecule has 2 aromatic rings. The summed E-state index contributed by atoms with van der Waals surface area (Å²) in [4.78, 5) is 12.3. The van der Waals surface area contributed by atoms with Crippen molar-refractivity contribution in [3.63, 3.8) is 0 Å². The molecule has 1 aromatic carbocycles. The van der Waals surface area contributed by atoms with E-state index < -0.39 is 10.9 Å². The largest absolute Gasteiger partial charge is 0.382 e. The second-order valence-corrected chi connectivity index (χ2v) is 6.06. The molecular weight excluding hydrogens is 391 g/mol. The monoisotopic (exact) mass is 406 g/mol. The molecule has 2 heterocycles. The van der Waals surface area contributed by atoms with Gasteiger partial charge in [-0.2, -0.15) is 5.10 Å². The van der Waals surface area contributed by atoms with Gasteiger partial charge in [-0.25, -0.2) is 9.67 Å². The van der Waals surface area contributed by atoms with Crippen molar-refractivity contribution in [1.29, 1.82) is 0 Å². The number of nitrogens with zero attached hydrogens (tertiary/aromatic N) is 4. The Labute approximate surface area is 158 Å². The van der Waals surface area contributed by atoms with E-state index in [1.165, 1.54) is 6.33 Å². The topological polar surface area (TPSA) is 122 Å². The normalized spacial score (nSPS) is 21.9. The molecule has 0 amide bonds. The quantitative estimate of drug-likeness (QED) is 0.591. The lowest BCUT2D eigenvalue weighted by molar-refractivity contribution is -0.742. The van der Waals surface area contributed by atoms with Crippen molar-refractivity contribution in [3.05, 3.63) is 56.6 Å². The third-order valence-electron chi connectivity index (χ3n) is 3.39. The van der Waals surface area contributed by atoms with Crippen LogP contribution >= 0.6 is 23.2 Å². The van der Waals surface area contributed by atoms with E-state index in [4.69, 9.17) is 52.7 Å². The Kier molecular flexibility index (Phi) is 7.12. The smallest absolute Gasteiger partial charge is 0.291 e. The van der Waals surface area contributed by atoms with Crippen LogP contribution in [0.5, 0.6) is 0 Å². The highest BCUT2D eigenvalue weighted by Gasteiger charge is 2.45. The van der Waals surface area contributed by atoms with Gasteiger partial charge in [-0.05, 0) is 12.1 Å². The highest BCUT2D eigenvalue weighted by atomic mass is 35.5. The van der Waals surface area contributed by atoms with Crippen molar-refractivity contribution in [1.82, 2.24) is 14.8 Å². The van der Waals surface area contributed by atoms with E-state index in [2.05, 4.69) is 10.1 Å². The summed E-state index contributed by atoms with van der Waals surface area (Å²) in [6.45, 7) is 1.17. The van der Waals surface area contributed by atoms with E-state index in [1.807, 2.05) is 0 Å². The second-order valence-electron chi connectivity index (χ2n) is 5.21. The Morgan fingerprint density at radius 2 is 2.27 bits per heavy atom. The SMILES string of the molecule is COC[C@@H]1CO[C@@](Cn2cncn2)(c2ccc(Cl)cc2Cl)O1.O=[N+]([O-])O. The van der Waals surface area contributed by atoms with Crippen LogP contribution in [-0.2, 0) is 26.5 Å². The number of hydrogen-bond donors (Lipinski definition) is 1. The van der Waals surface area contributed by atoms with Crippen molar-refractivity contribution in [2.75, 3.05) is 20.3 Å². The molecule has 10 nitrogen and oxygen atoms in total. The van der Waals surface area contributed by atoms with E-state index in [0.717, 1.165) is 0 Å². The van der Waals surface area contributed by atoms with Gasteiger partial charge in [0.2, 0.25) is 5.79 Å². The maximum Gasteiger partial charge on any atom is 0.291 e. The van der Waals surface area contributed by atoms with Crippen LogP contribution < -0.4 is 0 Å². The molecule has 1 aromatic heterocycles. The summed E-state index contributed by atoms with van der Waals surface area (Å²) in [6, 6.07) is 5.22. The molecule has 1 saturated heterocycles. The van der Waals surface area contributed by atoms with E-state index in [-0.39, 0.29) is 6.10 Å². The summed E-state index contributed by atoms with van der Waals surface area (Å²) in [5.41, 5.74) is 0.702. The van der Waals surface area contributed by atoms with Gasteiger partial charge in [0.1, 0.15) is 25.3 Å². The summed E-state index contributed by atoms with van der Waals surface area (Å²) >= 11 is 12.3. The average Bonchev–Trinajstić information content (AvgIpc) is 3.18. The number of hydrogen-bond acceptors (Lipinski definition) is 7. The molecule has 1 fully saturated rings. The standard InChI is InChI=1S/C14H15Cl2N3O3.HNO3/c1-20-5-11-6-21-14(22-11,7-19-9-17-8-18-19)12-3-2-10(15)4-13(12)16;2-1(3)4/h2-4,8-9,11H,5-7H2,1H3;(H,2,3,4)/t11-,14-;/m1./s1. The first kappa shape index (κ1) is 20.3. The highest BCUT2D eigenvalue weighted by Crippen LogP contribution is 2.40. The van der Waals surface area contributed by atoms with Crippen molar-refractivity contribution < 1.29 is 24.5 Å². The molecule has 1 aliphatic heterocycles. The Morgan fingerprint density at radius 3 is 2.85 bits per heavy atom. The van der Waals surface area contributed by atoms with Crippen LogP contribution in [0.25, 0.3) is 0 Å². The van der Waals surface area contributed by atoms with Gasteiger partial charge in [0.15, 0.2) is 0 Å².